The Hall–Kier alpha value is -0.640. The Morgan fingerprint density at radius 1 is 1.67 bits per heavy atom. The summed E-state index contributed by atoms with van der Waals surface area (Å²) in [5.41, 5.74) is 0. The number of rotatable bonds is 2. The zero-order chi connectivity index (χ0) is 9.14. The third-order valence-electron chi connectivity index (χ3n) is 2.07. The molecule has 0 heterocycles. The van der Waals surface area contributed by atoms with Crippen molar-refractivity contribution in [3.63, 3.8) is 0 Å². The minimum Gasteiger partial charge on any atom is -0.466 e. The molecule has 1 aliphatic carbocycles. The third-order valence-corrected chi connectivity index (χ3v) is 2.07. The Kier molecular flexibility index (Phi) is 3.03. The lowest BCUT2D eigenvalue weighted by atomic mass is 10.1. The molecular formula is C8H13FO3. The molecule has 0 aliphatic heterocycles. The van der Waals surface area contributed by atoms with Crippen molar-refractivity contribution in [3.05, 3.63) is 0 Å². The first-order valence-electron chi connectivity index (χ1n) is 4.14. The fourth-order valence-electron chi connectivity index (χ4n) is 1.42. The van der Waals surface area contributed by atoms with Crippen molar-refractivity contribution in [1.82, 2.24) is 0 Å². The van der Waals surface area contributed by atoms with Crippen molar-refractivity contribution in [1.29, 1.82) is 0 Å². The second-order valence-corrected chi connectivity index (χ2v) is 3.00. The van der Waals surface area contributed by atoms with Gasteiger partial charge < -0.3 is 9.84 Å². The predicted octanol–water partition coefficient (Wildman–Crippen LogP) is 0.659. The molecule has 4 heteroatoms. The summed E-state index contributed by atoms with van der Waals surface area (Å²) in [6.45, 7) is 2.01. The lowest BCUT2D eigenvalue weighted by molar-refractivity contribution is -0.148. The van der Waals surface area contributed by atoms with E-state index in [4.69, 9.17) is 9.84 Å². The standard InChI is InChI=1S/C8H13FO3/c1-2-12-8(11)5-3-6(9)7(10)4-5/h5-7,10H,2-4H2,1H3/t5-,6+,7-/m0/s1. The summed E-state index contributed by atoms with van der Waals surface area (Å²) in [6.07, 6.45) is -1.96. The van der Waals surface area contributed by atoms with E-state index in [0.29, 0.717) is 6.61 Å². The van der Waals surface area contributed by atoms with Crippen LogP contribution in [-0.2, 0) is 9.53 Å². The van der Waals surface area contributed by atoms with Gasteiger partial charge in [-0.3, -0.25) is 4.79 Å². The molecule has 1 saturated carbocycles. The van der Waals surface area contributed by atoms with E-state index in [1.807, 2.05) is 0 Å². The Labute approximate surface area is 70.5 Å². The Bertz CT molecular complexity index is 162. The van der Waals surface area contributed by atoms with Crippen LogP contribution in [0.25, 0.3) is 0 Å². The molecule has 70 valence electrons. The molecule has 0 aromatic heterocycles. The lowest BCUT2D eigenvalue weighted by Gasteiger charge is -2.06. The zero-order valence-corrected chi connectivity index (χ0v) is 7.00. The highest BCUT2D eigenvalue weighted by molar-refractivity contribution is 5.72. The second kappa shape index (κ2) is 3.85. The van der Waals surface area contributed by atoms with Crippen LogP contribution in [0.5, 0.6) is 0 Å². The molecule has 0 spiro atoms. The van der Waals surface area contributed by atoms with Crippen LogP contribution in [0.3, 0.4) is 0 Å². The first-order valence-corrected chi connectivity index (χ1v) is 4.14. The number of aliphatic hydroxyl groups excluding tert-OH is 1. The molecule has 1 N–H and O–H groups in total. The van der Waals surface area contributed by atoms with Gasteiger partial charge in [-0.05, 0) is 19.8 Å². The summed E-state index contributed by atoms with van der Waals surface area (Å²) in [7, 11) is 0. The number of hydrogen-bond acceptors (Lipinski definition) is 3. The maximum Gasteiger partial charge on any atom is 0.309 e. The van der Waals surface area contributed by atoms with Crippen molar-refractivity contribution >= 4 is 5.97 Å². The highest BCUT2D eigenvalue weighted by atomic mass is 19.1. The summed E-state index contributed by atoms with van der Waals surface area (Å²) in [5, 5.41) is 9.00. The van der Waals surface area contributed by atoms with Crippen LogP contribution in [0, 0.1) is 5.92 Å². The maximum atomic E-state index is 12.7. The smallest absolute Gasteiger partial charge is 0.309 e. The van der Waals surface area contributed by atoms with Crippen LogP contribution in [0.4, 0.5) is 4.39 Å². The van der Waals surface area contributed by atoms with Crippen LogP contribution in [-0.4, -0.2) is 30.0 Å². The molecule has 0 bridgehead atoms. The molecule has 0 aromatic carbocycles. The van der Waals surface area contributed by atoms with Gasteiger partial charge in [0.15, 0.2) is 0 Å². The number of esters is 1. The molecule has 3 atom stereocenters. The van der Waals surface area contributed by atoms with E-state index < -0.39 is 24.2 Å². The fourth-order valence-corrected chi connectivity index (χ4v) is 1.42. The van der Waals surface area contributed by atoms with Crippen molar-refractivity contribution in [3.8, 4) is 0 Å². The largest absolute Gasteiger partial charge is 0.466 e. The van der Waals surface area contributed by atoms with Crippen molar-refractivity contribution in [2.24, 2.45) is 5.92 Å². The van der Waals surface area contributed by atoms with E-state index in [-0.39, 0.29) is 12.8 Å². The average molecular weight is 176 g/mol. The number of hydrogen-bond donors (Lipinski definition) is 1. The Balaban J connectivity index is 2.40. The van der Waals surface area contributed by atoms with Gasteiger partial charge in [0.25, 0.3) is 0 Å². The topological polar surface area (TPSA) is 46.5 Å². The van der Waals surface area contributed by atoms with E-state index in [1.54, 1.807) is 6.92 Å². The van der Waals surface area contributed by atoms with Gasteiger partial charge in [-0.2, -0.15) is 0 Å². The molecule has 1 rings (SSSR count). The SMILES string of the molecule is CCOC(=O)[C@H]1C[C@@H](F)[C@@H](O)C1. The van der Waals surface area contributed by atoms with Gasteiger partial charge in [0.2, 0.25) is 0 Å². The monoisotopic (exact) mass is 176 g/mol. The molecule has 0 aromatic rings. The summed E-state index contributed by atoms with van der Waals surface area (Å²) in [6, 6.07) is 0. The summed E-state index contributed by atoms with van der Waals surface area (Å²) in [5.74, 6) is -0.841. The summed E-state index contributed by atoms with van der Waals surface area (Å²) >= 11 is 0. The predicted molar refractivity (Wildman–Crippen MR) is 40.3 cm³/mol. The van der Waals surface area contributed by atoms with Crippen molar-refractivity contribution in [2.75, 3.05) is 6.61 Å². The molecule has 0 amide bonds. The van der Waals surface area contributed by atoms with E-state index in [2.05, 4.69) is 0 Å². The highest BCUT2D eigenvalue weighted by Gasteiger charge is 2.37. The van der Waals surface area contributed by atoms with Crippen molar-refractivity contribution in [2.45, 2.75) is 32.0 Å². The first-order chi connectivity index (χ1) is 5.65. The first kappa shape index (κ1) is 9.45. The normalized spacial score (nSPS) is 35.1. The van der Waals surface area contributed by atoms with Gasteiger partial charge in [-0.1, -0.05) is 0 Å². The van der Waals surface area contributed by atoms with Crippen LogP contribution in [0.15, 0.2) is 0 Å². The summed E-state index contributed by atoms with van der Waals surface area (Å²) in [4.78, 5) is 11.0. The van der Waals surface area contributed by atoms with Crippen LogP contribution in [0.2, 0.25) is 0 Å². The van der Waals surface area contributed by atoms with Gasteiger partial charge in [0, 0.05) is 0 Å². The van der Waals surface area contributed by atoms with E-state index in [1.165, 1.54) is 0 Å². The van der Waals surface area contributed by atoms with E-state index in [0.717, 1.165) is 0 Å². The van der Waals surface area contributed by atoms with Gasteiger partial charge in [-0.15, -0.1) is 0 Å². The lowest BCUT2D eigenvalue weighted by Crippen LogP contribution is -2.15. The van der Waals surface area contributed by atoms with Crippen molar-refractivity contribution < 1.29 is 19.0 Å². The van der Waals surface area contributed by atoms with Gasteiger partial charge in [0.1, 0.15) is 6.17 Å². The second-order valence-electron chi connectivity index (χ2n) is 3.00. The average Bonchev–Trinajstić information content (AvgIpc) is 2.33. The zero-order valence-electron chi connectivity index (χ0n) is 7.00. The molecule has 1 fully saturated rings. The summed E-state index contributed by atoms with van der Waals surface area (Å²) < 4.78 is 17.4. The number of aliphatic hydroxyl groups is 1. The molecule has 1 aliphatic rings. The van der Waals surface area contributed by atoms with E-state index in [9.17, 15) is 9.18 Å². The van der Waals surface area contributed by atoms with Gasteiger partial charge in [0.05, 0.1) is 18.6 Å². The molecule has 0 radical (unpaired) electrons. The number of ether oxygens (including phenoxy) is 1. The minimum atomic E-state index is -1.26. The fraction of sp³-hybridized carbons (Fsp3) is 0.875. The minimum absolute atomic E-state index is 0.0972. The molecule has 0 saturated heterocycles. The number of carbonyl (C=O) groups excluding carboxylic acids is 1. The highest BCUT2D eigenvalue weighted by Crippen LogP contribution is 2.29. The third kappa shape index (κ3) is 1.94. The van der Waals surface area contributed by atoms with E-state index >= 15 is 0 Å². The maximum absolute atomic E-state index is 12.7. The molecule has 0 unspecified atom stereocenters. The van der Waals surface area contributed by atoms with Gasteiger partial charge >= 0.3 is 5.97 Å². The molecule has 12 heavy (non-hydrogen) atoms. The number of halogens is 1. The Morgan fingerprint density at radius 2 is 2.33 bits per heavy atom. The number of carbonyl (C=O) groups is 1. The molecule has 3 nitrogen and oxygen atoms in total. The Morgan fingerprint density at radius 3 is 2.75 bits per heavy atom. The van der Waals surface area contributed by atoms with Gasteiger partial charge in [-0.25, -0.2) is 4.39 Å². The van der Waals surface area contributed by atoms with Crippen LogP contribution < -0.4 is 0 Å². The number of alkyl halides is 1. The quantitative estimate of drug-likeness (QED) is 0.628. The van der Waals surface area contributed by atoms with Crippen LogP contribution in [0.1, 0.15) is 19.8 Å². The molecular weight excluding hydrogens is 163 g/mol. The van der Waals surface area contributed by atoms with Crippen LogP contribution >= 0.6 is 0 Å².